The van der Waals surface area contributed by atoms with Crippen molar-refractivity contribution in [2.24, 2.45) is 5.73 Å². The SMILES string of the molecule is Cc1ccc(CN)cc1S(=O)(=O)NC1CCCS(=O)(=O)C1. The van der Waals surface area contributed by atoms with Crippen LogP contribution in [-0.2, 0) is 26.4 Å². The highest BCUT2D eigenvalue weighted by Crippen LogP contribution is 2.20. The third-order valence-corrected chi connectivity index (χ3v) is 7.05. The minimum absolute atomic E-state index is 0.132. The molecule has 0 aromatic heterocycles. The highest BCUT2D eigenvalue weighted by atomic mass is 32.2. The van der Waals surface area contributed by atoms with Gasteiger partial charge < -0.3 is 5.73 Å². The van der Waals surface area contributed by atoms with Crippen LogP contribution in [0, 0.1) is 6.92 Å². The Morgan fingerprint density at radius 1 is 1.38 bits per heavy atom. The first-order valence-corrected chi connectivity index (χ1v) is 10.1. The fourth-order valence-electron chi connectivity index (χ4n) is 2.46. The molecule has 3 N–H and O–H groups in total. The van der Waals surface area contributed by atoms with Crippen molar-refractivity contribution >= 4 is 19.9 Å². The average molecular weight is 332 g/mol. The predicted octanol–water partition coefficient (Wildman–Crippen LogP) is 0.309. The zero-order valence-corrected chi connectivity index (χ0v) is 13.5. The van der Waals surface area contributed by atoms with E-state index in [0.717, 1.165) is 5.56 Å². The molecule has 1 unspecified atom stereocenters. The first kappa shape index (κ1) is 16.4. The number of sulfone groups is 1. The summed E-state index contributed by atoms with van der Waals surface area (Å²) < 4.78 is 50.6. The minimum atomic E-state index is -3.74. The molecule has 1 atom stereocenters. The number of hydrogen-bond acceptors (Lipinski definition) is 5. The molecule has 6 nitrogen and oxygen atoms in total. The van der Waals surface area contributed by atoms with Crippen molar-refractivity contribution in [1.29, 1.82) is 0 Å². The van der Waals surface area contributed by atoms with Crippen molar-refractivity contribution < 1.29 is 16.8 Å². The normalized spacial score (nSPS) is 22.1. The van der Waals surface area contributed by atoms with E-state index in [1.54, 1.807) is 19.1 Å². The van der Waals surface area contributed by atoms with Gasteiger partial charge in [-0.15, -0.1) is 0 Å². The van der Waals surface area contributed by atoms with Crippen molar-refractivity contribution in [2.75, 3.05) is 11.5 Å². The lowest BCUT2D eigenvalue weighted by Gasteiger charge is -2.23. The Morgan fingerprint density at radius 2 is 2.10 bits per heavy atom. The second kappa shape index (κ2) is 6.04. The van der Waals surface area contributed by atoms with E-state index >= 15 is 0 Å². The lowest BCUT2D eigenvalue weighted by molar-refractivity contribution is 0.517. The second-order valence-electron chi connectivity index (χ2n) is 5.38. The van der Waals surface area contributed by atoms with Crippen LogP contribution in [0.5, 0.6) is 0 Å². The fourth-order valence-corrected chi connectivity index (χ4v) is 5.77. The van der Waals surface area contributed by atoms with Gasteiger partial charge in [0.1, 0.15) is 0 Å². The third-order valence-electron chi connectivity index (χ3n) is 3.56. The van der Waals surface area contributed by atoms with Crippen LogP contribution in [0.3, 0.4) is 0 Å². The first-order valence-electron chi connectivity index (χ1n) is 6.76. The summed E-state index contributed by atoms with van der Waals surface area (Å²) in [6.07, 6.45) is 1.02. The van der Waals surface area contributed by atoms with E-state index in [-0.39, 0.29) is 22.9 Å². The molecule has 0 spiro atoms. The summed E-state index contributed by atoms with van der Waals surface area (Å²) >= 11 is 0. The molecule has 0 radical (unpaired) electrons. The van der Waals surface area contributed by atoms with Gasteiger partial charge in [-0.3, -0.25) is 0 Å². The van der Waals surface area contributed by atoms with Gasteiger partial charge in [0.05, 0.1) is 16.4 Å². The van der Waals surface area contributed by atoms with E-state index in [1.807, 2.05) is 0 Å². The first-order chi connectivity index (χ1) is 9.73. The van der Waals surface area contributed by atoms with Crippen LogP contribution in [0.1, 0.15) is 24.0 Å². The molecule has 2 rings (SSSR count). The van der Waals surface area contributed by atoms with Crippen molar-refractivity contribution in [2.45, 2.75) is 37.2 Å². The highest BCUT2D eigenvalue weighted by Gasteiger charge is 2.29. The molecular formula is C13H20N2O4S2. The maximum Gasteiger partial charge on any atom is 0.241 e. The zero-order valence-electron chi connectivity index (χ0n) is 11.9. The van der Waals surface area contributed by atoms with E-state index in [4.69, 9.17) is 5.73 Å². The maximum atomic E-state index is 12.5. The van der Waals surface area contributed by atoms with E-state index in [1.165, 1.54) is 6.07 Å². The smallest absolute Gasteiger partial charge is 0.241 e. The van der Waals surface area contributed by atoms with Gasteiger partial charge in [0, 0.05) is 12.6 Å². The summed E-state index contributed by atoms with van der Waals surface area (Å²) in [5.74, 6) is -0.00519. The Balaban J connectivity index is 2.26. The maximum absolute atomic E-state index is 12.5. The monoisotopic (exact) mass is 332 g/mol. The number of aryl methyl sites for hydroxylation is 1. The van der Waals surface area contributed by atoms with Gasteiger partial charge in [-0.1, -0.05) is 12.1 Å². The zero-order chi connectivity index (χ0) is 15.7. The summed E-state index contributed by atoms with van der Waals surface area (Å²) in [4.78, 5) is 0.161. The van der Waals surface area contributed by atoms with Crippen LogP contribution in [0.15, 0.2) is 23.1 Å². The number of benzene rings is 1. The molecule has 0 bridgehead atoms. The number of hydrogen-bond donors (Lipinski definition) is 2. The molecule has 118 valence electrons. The van der Waals surface area contributed by atoms with Gasteiger partial charge in [0.15, 0.2) is 9.84 Å². The van der Waals surface area contributed by atoms with Crippen LogP contribution in [0.4, 0.5) is 0 Å². The van der Waals surface area contributed by atoms with Gasteiger partial charge in [0.2, 0.25) is 10.0 Å². The molecule has 1 fully saturated rings. The summed E-state index contributed by atoms with van der Waals surface area (Å²) in [5.41, 5.74) is 6.87. The van der Waals surface area contributed by atoms with E-state index in [2.05, 4.69) is 4.72 Å². The molecule has 1 aromatic rings. The Hall–Kier alpha value is -0.960. The minimum Gasteiger partial charge on any atom is -0.326 e. The Labute approximate surface area is 125 Å². The molecule has 21 heavy (non-hydrogen) atoms. The van der Waals surface area contributed by atoms with Crippen LogP contribution >= 0.6 is 0 Å². The van der Waals surface area contributed by atoms with Crippen molar-refractivity contribution in [1.82, 2.24) is 4.72 Å². The summed E-state index contributed by atoms with van der Waals surface area (Å²) in [6.45, 7) is 1.95. The van der Waals surface area contributed by atoms with Crippen molar-refractivity contribution in [3.8, 4) is 0 Å². The number of nitrogens with one attached hydrogen (secondary N) is 1. The summed E-state index contributed by atoms with van der Waals surface area (Å²) in [5, 5.41) is 0. The number of sulfonamides is 1. The molecule has 1 saturated heterocycles. The summed E-state index contributed by atoms with van der Waals surface area (Å²) in [6, 6.07) is 4.46. The average Bonchev–Trinajstić information content (AvgIpc) is 2.37. The molecule has 0 saturated carbocycles. The molecular weight excluding hydrogens is 312 g/mol. The molecule has 8 heteroatoms. The molecule has 1 heterocycles. The fraction of sp³-hybridized carbons (Fsp3) is 0.538. The van der Waals surface area contributed by atoms with Crippen LogP contribution in [0.25, 0.3) is 0 Å². The third kappa shape index (κ3) is 4.03. The molecule has 0 amide bonds. The van der Waals surface area contributed by atoms with E-state index < -0.39 is 25.9 Å². The Kier molecular flexibility index (Phi) is 4.72. The van der Waals surface area contributed by atoms with Gasteiger partial charge >= 0.3 is 0 Å². The van der Waals surface area contributed by atoms with E-state index in [9.17, 15) is 16.8 Å². The number of rotatable bonds is 4. The van der Waals surface area contributed by atoms with Crippen LogP contribution in [0.2, 0.25) is 0 Å². The van der Waals surface area contributed by atoms with E-state index in [0.29, 0.717) is 18.4 Å². The molecule has 1 aliphatic heterocycles. The predicted molar refractivity (Wildman–Crippen MR) is 81.1 cm³/mol. The van der Waals surface area contributed by atoms with Gasteiger partial charge in [0.25, 0.3) is 0 Å². The Morgan fingerprint density at radius 3 is 2.71 bits per heavy atom. The van der Waals surface area contributed by atoms with Crippen molar-refractivity contribution in [3.05, 3.63) is 29.3 Å². The highest BCUT2D eigenvalue weighted by molar-refractivity contribution is 7.91. The molecule has 1 aromatic carbocycles. The van der Waals surface area contributed by atoms with Gasteiger partial charge in [-0.25, -0.2) is 21.6 Å². The largest absolute Gasteiger partial charge is 0.326 e. The quantitative estimate of drug-likeness (QED) is 0.825. The lowest BCUT2D eigenvalue weighted by Crippen LogP contribution is -2.43. The standard InChI is InChI=1S/C13H20N2O4S2/c1-10-4-5-11(8-14)7-13(10)21(18,19)15-12-3-2-6-20(16,17)9-12/h4-5,7,12,15H,2-3,6,8-9,14H2,1H3. The molecule has 0 aliphatic carbocycles. The topological polar surface area (TPSA) is 106 Å². The van der Waals surface area contributed by atoms with Crippen molar-refractivity contribution in [3.63, 3.8) is 0 Å². The molecule has 1 aliphatic rings. The second-order valence-corrected chi connectivity index (χ2v) is 9.29. The Bertz CT molecular complexity index is 727. The number of nitrogens with two attached hydrogens (primary N) is 1. The van der Waals surface area contributed by atoms with Gasteiger partial charge in [-0.2, -0.15) is 0 Å². The van der Waals surface area contributed by atoms with Gasteiger partial charge in [-0.05, 0) is 37.0 Å². The van der Waals surface area contributed by atoms with Crippen LogP contribution in [-0.4, -0.2) is 34.4 Å². The lowest BCUT2D eigenvalue weighted by atomic mass is 10.1. The summed E-state index contributed by atoms with van der Waals surface area (Å²) in [7, 11) is -6.90. The van der Waals surface area contributed by atoms with Crippen LogP contribution < -0.4 is 10.5 Å².